The molecular formula is C66H90F4N24O20S4. The van der Waals surface area contributed by atoms with E-state index in [0.717, 1.165) is 44.2 Å². The minimum Gasteiger partial charge on any atom is -0.396 e. The lowest BCUT2D eigenvalue weighted by Crippen LogP contribution is -2.35. The van der Waals surface area contributed by atoms with E-state index in [1.54, 1.807) is 83.5 Å². The van der Waals surface area contributed by atoms with Crippen LogP contribution in [0.1, 0.15) is 96.8 Å². The highest BCUT2D eigenvalue weighted by Crippen LogP contribution is 2.36. The highest BCUT2D eigenvalue weighted by molar-refractivity contribution is 8.00. The summed E-state index contributed by atoms with van der Waals surface area (Å²) in [5, 5.41) is 36.3. The quantitative estimate of drug-likeness (QED) is 0.0486. The van der Waals surface area contributed by atoms with Gasteiger partial charge < -0.3 is 104 Å². The maximum absolute atomic E-state index is 13.2. The van der Waals surface area contributed by atoms with Crippen molar-refractivity contribution in [2.45, 2.75) is 156 Å². The summed E-state index contributed by atoms with van der Waals surface area (Å²) in [7, 11) is 1.46. The van der Waals surface area contributed by atoms with E-state index in [2.05, 4.69) is 39.9 Å². The Balaban J connectivity index is 0.000000186. The van der Waals surface area contributed by atoms with Crippen LogP contribution in [-0.4, -0.2) is 194 Å². The number of hydrogen-bond acceptors (Lipinski definition) is 40. The van der Waals surface area contributed by atoms with Gasteiger partial charge >= 0.3 is 45.5 Å². The molecule has 44 nitrogen and oxygen atoms in total. The Bertz CT molecular complexity index is 4970. The van der Waals surface area contributed by atoms with E-state index >= 15 is 0 Å². The third kappa shape index (κ3) is 27.2. The Morgan fingerprint density at radius 1 is 0.492 bits per heavy atom. The summed E-state index contributed by atoms with van der Waals surface area (Å²) in [5.74, 6) is -2.46. The summed E-state index contributed by atoms with van der Waals surface area (Å²) in [4.78, 5) is 119. The molecule has 20 N–H and O–H groups in total. The molecule has 16 atom stereocenters. The topological polar surface area (TPSA) is 642 Å². The van der Waals surface area contributed by atoms with Gasteiger partial charge in [-0.25, -0.2) is 55.9 Å². The zero-order chi connectivity index (χ0) is 87.1. The van der Waals surface area contributed by atoms with Crippen molar-refractivity contribution in [2.75, 3.05) is 90.9 Å². The lowest BCUT2D eigenvalue weighted by atomic mass is 10.1. The van der Waals surface area contributed by atoms with Crippen LogP contribution in [0.3, 0.4) is 0 Å². The van der Waals surface area contributed by atoms with Gasteiger partial charge in [0.25, 0.3) is 0 Å². The molecule has 0 aromatic carbocycles. The number of rotatable bonds is 14. The van der Waals surface area contributed by atoms with Crippen molar-refractivity contribution in [3.05, 3.63) is 193 Å². The highest BCUT2D eigenvalue weighted by atomic mass is 32.2. The van der Waals surface area contributed by atoms with Crippen molar-refractivity contribution >= 4 is 93.6 Å². The number of nitrogens with zero attached hydrogens (tertiary/aromatic N) is 16. The molecule has 118 heavy (non-hydrogen) atoms. The van der Waals surface area contributed by atoms with Crippen molar-refractivity contribution in [1.82, 2.24) is 76.4 Å². The van der Waals surface area contributed by atoms with Crippen LogP contribution in [0.25, 0.3) is 0 Å². The van der Waals surface area contributed by atoms with E-state index < -0.39 is 112 Å². The Morgan fingerprint density at radius 3 is 1.32 bits per heavy atom. The zero-order valence-corrected chi connectivity index (χ0v) is 67.5. The first kappa shape index (κ1) is 95.0. The first-order chi connectivity index (χ1) is 55.8. The highest BCUT2D eigenvalue weighted by Gasteiger charge is 2.42. The fourth-order valence-corrected chi connectivity index (χ4v) is 14.1. The number of thioether (sulfide) groups is 4. The summed E-state index contributed by atoms with van der Waals surface area (Å²) in [6, 6.07) is 6.22. The molecule has 52 heteroatoms. The molecule has 646 valence electrons. The summed E-state index contributed by atoms with van der Waals surface area (Å²) in [6.07, 6.45) is 7.47. The van der Waals surface area contributed by atoms with Crippen LogP contribution < -0.4 is 91.4 Å². The summed E-state index contributed by atoms with van der Waals surface area (Å²) in [5.41, 5.74) is 38.1. The van der Waals surface area contributed by atoms with Crippen molar-refractivity contribution in [2.24, 2.45) is 0 Å². The fraction of sp³-hybridized carbons (Fsp3) is 0.485. The molecule has 8 aromatic rings. The van der Waals surface area contributed by atoms with E-state index in [1.165, 1.54) is 68.6 Å². The molecule has 0 aliphatic carbocycles. The Labute approximate surface area is 682 Å². The van der Waals surface area contributed by atoms with Gasteiger partial charge in [0.2, 0.25) is 0 Å². The predicted molar refractivity (Wildman–Crippen MR) is 427 cm³/mol. The Hall–Kier alpha value is -10.2. The number of ether oxygens (including phenoxy) is 8. The average molecular weight is 1740 g/mol. The second-order valence-corrected chi connectivity index (χ2v) is 30.8. The van der Waals surface area contributed by atoms with Gasteiger partial charge in [0.15, 0.2) is 59.0 Å². The van der Waals surface area contributed by atoms with Gasteiger partial charge in [-0.3, -0.25) is 36.5 Å². The lowest BCUT2D eigenvalue weighted by Gasteiger charge is -2.17. The molecule has 0 spiro atoms. The first-order valence-corrected chi connectivity index (χ1v) is 39.1. The second kappa shape index (κ2) is 44.6. The number of aliphatic hydroxyl groups is 4. The molecule has 8 aromatic heterocycles. The van der Waals surface area contributed by atoms with E-state index in [1.807, 2.05) is 34.6 Å². The van der Waals surface area contributed by atoms with E-state index in [4.69, 9.17) is 94.0 Å². The van der Waals surface area contributed by atoms with E-state index in [0.29, 0.717) is 25.4 Å². The van der Waals surface area contributed by atoms with Crippen molar-refractivity contribution in [1.29, 1.82) is 0 Å². The SMILES string of the molecule is CC(CO)OCn1ccc(N)nc1=O.COC(CCO)n1ccc(N)nc1=O.C[C@@H]1C=C[C@H](n2cc(F)c(N)nc2=O)O1.C[C@@H]1OC[C@H](n2cc(F)c(N)nc2=O)S1.C[C@@H]1OC[C@H](n2ccc(N)nc2=O)S1.C[C@H]1O[C@@H](n2cc(F)c(N)nc2=O)C(O)[C@H]1O.C[C@H]1O[C@@H](n2cc(F)c(N)nc2=O)CS1.C[C@H]1O[C@@H](n2ccc(N)nc2=O)CS1. The van der Waals surface area contributed by atoms with Gasteiger partial charge in [-0.1, -0.05) is 6.08 Å². The van der Waals surface area contributed by atoms with E-state index in [9.17, 15) is 66.1 Å². The molecule has 3 unspecified atom stereocenters. The van der Waals surface area contributed by atoms with Crippen LogP contribution in [0, 0.1) is 23.3 Å². The summed E-state index contributed by atoms with van der Waals surface area (Å²) < 4.78 is 104. The number of aliphatic hydroxyl groups excluding tert-OH is 4. The van der Waals surface area contributed by atoms with E-state index in [-0.39, 0.29) is 117 Å². The number of halogens is 4. The largest absolute Gasteiger partial charge is 0.396 e. The van der Waals surface area contributed by atoms with Gasteiger partial charge in [0.05, 0.1) is 56.7 Å². The van der Waals surface area contributed by atoms with Gasteiger partial charge in [-0.2, -0.15) is 39.9 Å². The normalized spacial score (nSPS) is 23.8. The number of anilines is 8. The van der Waals surface area contributed by atoms with Crippen molar-refractivity contribution < 1.29 is 75.9 Å². The molecule has 6 aliphatic heterocycles. The molecule has 5 saturated heterocycles. The van der Waals surface area contributed by atoms with Crippen LogP contribution in [0.2, 0.25) is 0 Å². The molecule has 0 radical (unpaired) electrons. The monoisotopic (exact) mass is 1740 g/mol. The van der Waals surface area contributed by atoms with Gasteiger partial charge in [0.1, 0.15) is 93.4 Å². The number of hydrogen-bond donors (Lipinski definition) is 12. The Kier molecular flexibility index (Phi) is 35.9. The molecule has 0 saturated carbocycles. The van der Waals surface area contributed by atoms with Crippen LogP contribution in [0.5, 0.6) is 0 Å². The average Bonchev–Trinajstić information content (AvgIpc) is 1.64. The van der Waals surface area contributed by atoms with Gasteiger partial charge in [-0.15, -0.1) is 47.0 Å². The zero-order valence-electron chi connectivity index (χ0n) is 64.2. The fourth-order valence-electron chi connectivity index (χ4n) is 10.3. The third-order valence-electron chi connectivity index (χ3n) is 16.4. The molecule has 0 bridgehead atoms. The first-order valence-electron chi connectivity index (χ1n) is 35.1. The van der Waals surface area contributed by atoms with Crippen LogP contribution >= 0.6 is 47.0 Å². The molecule has 5 fully saturated rings. The molecule has 14 heterocycles. The maximum Gasteiger partial charge on any atom is 0.352 e. The third-order valence-corrected chi connectivity index (χ3v) is 20.9. The van der Waals surface area contributed by atoms with Crippen molar-refractivity contribution in [3.63, 3.8) is 0 Å². The molecule has 6 aliphatic rings. The van der Waals surface area contributed by atoms with Crippen molar-refractivity contribution in [3.8, 4) is 0 Å². The summed E-state index contributed by atoms with van der Waals surface area (Å²) in [6.45, 7) is 13.5. The number of nitrogen functional groups attached to an aromatic ring is 8. The summed E-state index contributed by atoms with van der Waals surface area (Å²) >= 11 is 6.27. The smallest absolute Gasteiger partial charge is 0.352 e. The van der Waals surface area contributed by atoms with Gasteiger partial charge in [-0.05, 0) is 78.8 Å². The lowest BCUT2D eigenvalue weighted by molar-refractivity contribution is -0.0355. The minimum absolute atomic E-state index is 0.00233. The molecular weight excluding hydrogens is 1650 g/mol. The van der Waals surface area contributed by atoms with Crippen LogP contribution in [-0.2, 0) is 44.6 Å². The molecule has 0 amide bonds. The second-order valence-electron chi connectivity index (χ2n) is 25.2. The van der Waals surface area contributed by atoms with Gasteiger partial charge in [0, 0.05) is 62.6 Å². The standard InChI is InChI=1S/C9H12FN3O4.C9H10FN3O2.2C8H10FN3O2S.2C8H13N3O3.2C8H11N3O2S/c1-3-5(14)6(15)8(17-3)13-2-4(10)7(11)12-9(13)16;1-5-2-3-7(15-5)13-4-6(10)8(11)12-9(13)14;1-4-14-6(3-15-4)12-2-5(9)7(10)11-8(12)13;1-4-14-3-6(15-4)12-2-5(9)7(10)11-8(12)13;1-14-7(3-5-12)11-4-2-6(9)10-8(11)13;1-6(4-12)14-5-11-3-2-7(9)10-8(11)13;1-5-13-7(4-14-5)11-3-2-6(9)10-8(11)12;1-5-13-4-7(14-5)11-3-2-6(9)10-8(11)12/h2-3,5-6,8,14-15H,1H3,(H2,11,12,16);2-5,7H,1H3,(H2,11,12,14);2*2,4,6H,3H2,1H3,(H2,10,11,13);2,4,7,12H,3,5H2,1H3,(H2,9,10,13);2-3,6,12H,4-5H2,1H3,(H2,9,10,13);2*2-3,5,7H,4H2,1H3,(H2,9,10,12)/t3-,5+,6?,8-;5-,7-;4-,6+;4-,6-;;;5-,7+;5-,7-/m1101..01/s1. The Morgan fingerprint density at radius 2 is 0.907 bits per heavy atom. The van der Waals surface area contributed by atoms with Crippen LogP contribution in [0.15, 0.2) is 124 Å². The molecule has 14 rings (SSSR count). The maximum atomic E-state index is 13.2. The minimum atomic E-state index is -1.33. The number of aromatic nitrogens is 16. The van der Waals surface area contributed by atoms with Crippen LogP contribution in [0.4, 0.5) is 64.1 Å². The number of methoxy groups -OCH3 is 1. The number of nitrogens with two attached hydrogens (primary N) is 8. The predicted octanol–water partition coefficient (Wildman–Crippen LogP) is -0.413.